The molecule has 352 valence electrons. The Bertz CT molecular complexity index is 2690. The quantitative estimate of drug-likeness (QED) is 0.126. The molecule has 8 rings (SSSR count). The first-order chi connectivity index (χ1) is 31.5. The Morgan fingerprint density at radius 3 is 1.40 bits per heavy atom. The van der Waals surface area contributed by atoms with Gasteiger partial charge in [-0.3, -0.25) is 24.7 Å². The molecule has 0 radical (unpaired) electrons. The number of carboxylic acid groups (broad SMARTS) is 1. The highest BCUT2D eigenvalue weighted by Crippen LogP contribution is 2.35. The summed E-state index contributed by atoms with van der Waals surface area (Å²) in [5.74, 6) is -1.06. The number of aromatic carboxylic acids is 1. The minimum Gasteiger partial charge on any atom is -0.478 e. The van der Waals surface area contributed by atoms with Crippen LogP contribution in [0.4, 0.5) is 0 Å². The van der Waals surface area contributed by atoms with Gasteiger partial charge in [0, 0.05) is 121 Å². The Hall–Kier alpha value is -5.56. The summed E-state index contributed by atoms with van der Waals surface area (Å²) in [6.45, 7) is 19.5. The number of likely N-dealkylation sites (tertiary alicyclic amines) is 1. The highest BCUT2D eigenvalue weighted by molar-refractivity contribution is 6.34. The van der Waals surface area contributed by atoms with Crippen molar-refractivity contribution in [3.05, 3.63) is 143 Å². The van der Waals surface area contributed by atoms with E-state index in [1.807, 2.05) is 56.6 Å². The van der Waals surface area contributed by atoms with Gasteiger partial charge in [-0.15, -0.1) is 0 Å². The third-order valence-electron chi connectivity index (χ3n) is 12.1. The van der Waals surface area contributed by atoms with E-state index in [4.69, 9.17) is 28.3 Å². The van der Waals surface area contributed by atoms with Crippen molar-refractivity contribution >= 4 is 35.1 Å². The fourth-order valence-corrected chi connectivity index (χ4v) is 8.21. The first kappa shape index (κ1) is 50.8. The van der Waals surface area contributed by atoms with Crippen molar-refractivity contribution in [3.63, 3.8) is 0 Å². The molecule has 2 aliphatic heterocycles. The molecule has 6 aromatic rings. The molecule has 0 unspecified atom stereocenters. The second-order valence-electron chi connectivity index (χ2n) is 20.0. The molecule has 0 saturated carbocycles. The number of carbonyl (C=O) groups excluding carboxylic acids is 1. The molecule has 0 bridgehead atoms. The lowest BCUT2D eigenvalue weighted by atomic mass is 9.90. The van der Waals surface area contributed by atoms with Crippen LogP contribution < -0.4 is 5.32 Å². The van der Waals surface area contributed by atoms with Crippen molar-refractivity contribution in [1.82, 2.24) is 30.2 Å². The molecule has 13 heteroatoms. The standard InChI is InChI=1S/C27H30ClN3O2.C21H19ClN2O2.C6H13NO/c1-26(2,3)24-15-18(7-10-30-24)20-13-21(17-29-16-20)22-6-5-19(14-23(22)28)25(32)31-11-8-27(4,33)9-12-31;1-21(2,3)19-10-13(6-7-24-19)15-8-16(12-23-11-15)17-5-4-14(20(25)26)9-18(17)22;1-6(8)2-4-7-5-3-6/h5-7,10,13-17,33H,8-9,11-12H2,1-4H3;4-12H,1-3H3,(H,25,26);7-8H,2-5H2,1H3. The van der Waals surface area contributed by atoms with Crippen LogP contribution in [0.5, 0.6) is 0 Å². The number of amides is 1. The van der Waals surface area contributed by atoms with Gasteiger partial charge in [0.25, 0.3) is 5.91 Å². The zero-order valence-electron chi connectivity index (χ0n) is 39.7. The van der Waals surface area contributed by atoms with Gasteiger partial charge in [-0.2, -0.15) is 0 Å². The molecule has 0 atom stereocenters. The van der Waals surface area contributed by atoms with Crippen LogP contribution in [0, 0.1) is 0 Å². The van der Waals surface area contributed by atoms with Crippen LogP contribution >= 0.6 is 23.2 Å². The maximum absolute atomic E-state index is 12.9. The second kappa shape index (κ2) is 21.2. The van der Waals surface area contributed by atoms with Gasteiger partial charge in [-0.25, -0.2) is 4.79 Å². The molecule has 4 N–H and O–H groups in total. The molecule has 1 amide bonds. The summed E-state index contributed by atoms with van der Waals surface area (Å²) in [6, 6.07) is 22.3. The van der Waals surface area contributed by atoms with Crippen molar-refractivity contribution in [2.45, 2.75) is 103 Å². The van der Waals surface area contributed by atoms with Gasteiger partial charge in [0.1, 0.15) is 0 Å². The first-order valence-electron chi connectivity index (χ1n) is 22.6. The largest absolute Gasteiger partial charge is 0.478 e. The minimum absolute atomic E-state index is 0.0446. The molecule has 6 heterocycles. The molecular formula is C54H62Cl2N6O5. The average Bonchev–Trinajstić information content (AvgIpc) is 3.28. The van der Waals surface area contributed by atoms with Gasteiger partial charge in [-0.05, 0) is 124 Å². The number of pyridine rings is 4. The van der Waals surface area contributed by atoms with Crippen LogP contribution in [0.3, 0.4) is 0 Å². The molecule has 11 nitrogen and oxygen atoms in total. The Balaban J connectivity index is 0.000000193. The Morgan fingerprint density at radius 1 is 0.582 bits per heavy atom. The van der Waals surface area contributed by atoms with E-state index in [9.17, 15) is 19.8 Å². The average molecular weight is 946 g/mol. The minimum atomic E-state index is -1.00. The van der Waals surface area contributed by atoms with Gasteiger partial charge < -0.3 is 25.5 Å². The topological polar surface area (TPSA) is 162 Å². The highest BCUT2D eigenvalue weighted by Gasteiger charge is 2.30. The number of rotatable bonds is 6. The van der Waals surface area contributed by atoms with E-state index in [1.54, 1.807) is 47.9 Å². The number of carboxylic acids is 1. The number of carbonyl (C=O) groups is 2. The lowest BCUT2D eigenvalue weighted by Gasteiger charge is -2.35. The molecule has 2 saturated heterocycles. The summed E-state index contributed by atoms with van der Waals surface area (Å²) in [5, 5.41) is 32.6. The summed E-state index contributed by atoms with van der Waals surface area (Å²) in [5.41, 5.74) is 8.87. The number of aliphatic hydroxyl groups is 2. The van der Waals surface area contributed by atoms with E-state index in [2.05, 4.69) is 85.0 Å². The zero-order chi connectivity index (χ0) is 48.7. The highest BCUT2D eigenvalue weighted by atomic mass is 35.5. The SMILES string of the molecule is CC(C)(C)c1cc(-c2cncc(-c3ccc(C(=O)O)cc3Cl)c2)ccn1.CC1(O)CCN(C(=O)c2ccc(-c3cncc(-c4ccnc(C(C)(C)C)c4)c3)c(Cl)c2)CC1.CC1(O)CCNCC1. The molecule has 0 spiro atoms. The number of hydrogen-bond acceptors (Lipinski definition) is 9. The van der Waals surface area contributed by atoms with Crippen LogP contribution in [0.15, 0.2) is 110 Å². The maximum Gasteiger partial charge on any atom is 0.335 e. The molecule has 4 aromatic heterocycles. The van der Waals surface area contributed by atoms with E-state index in [0.29, 0.717) is 41.5 Å². The Kier molecular flexibility index (Phi) is 16.1. The monoisotopic (exact) mass is 944 g/mol. The second-order valence-corrected chi connectivity index (χ2v) is 20.8. The van der Waals surface area contributed by atoms with Crippen LogP contribution in [-0.2, 0) is 10.8 Å². The van der Waals surface area contributed by atoms with E-state index in [1.165, 1.54) is 6.07 Å². The number of aromatic nitrogens is 4. The lowest BCUT2D eigenvalue weighted by molar-refractivity contribution is -0.00206. The van der Waals surface area contributed by atoms with Gasteiger partial charge in [-0.1, -0.05) is 76.9 Å². The summed E-state index contributed by atoms with van der Waals surface area (Å²) in [4.78, 5) is 43.5. The van der Waals surface area contributed by atoms with Crippen molar-refractivity contribution in [3.8, 4) is 44.5 Å². The summed E-state index contributed by atoms with van der Waals surface area (Å²) in [7, 11) is 0. The summed E-state index contributed by atoms with van der Waals surface area (Å²) < 4.78 is 0. The number of benzene rings is 2. The number of hydrogen-bond donors (Lipinski definition) is 4. The van der Waals surface area contributed by atoms with Crippen molar-refractivity contribution in [1.29, 1.82) is 0 Å². The van der Waals surface area contributed by atoms with Crippen LogP contribution in [0.2, 0.25) is 10.0 Å². The molecule has 67 heavy (non-hydrogen) atoms. The third kappa shape index (κ3) is 13.8. The first-order valence-corrected chi connectivity index (χ1v) is 23.4. The number of halogens is 2. The van der Waals surface area contributed by atoms with Crippen LogP contribution in [0.25, 0.3) is 44.5 Å². The van der Waals surface area contributed by atoms with Gasteiger partial charge in [0.2, 0.25) is 0 Å². The van der Waals surface area contributed by atoms with E-state index >= 15 is 0 Å². The normalized spacial score (nSPS) is 15.6. The molecule has 2 aromatic carbocycles. The fourth-order valence-electron chi connectivity index (χ4n) is 7.63. The number of piperidine rings is 2. The van der Waals surface area contributed by atoms with Crippen LogP contribution in [0.1, 0.15) is 113 Å². The number of nitrogens with zero attached hydrogens (tertiary/aromatic N) is 5. The van der Waals surface area contributed by atoms with Crippen LogP contribution in [-0.4, -0.2) is 89.4 Å². The van der Waals surface area contributed by atoms with E-state index < -0.39 is 11.6 Å². The molecule has 2 aliphatic rings. The van der Waals surface area contributed by atoms with Gasteiger partial charge in [0.15, 0.2) is 0 Å². The summed E-state index contributed by atoms with van der Waals surface area (Å²) >= 11 is 12.9. The smallest absolute Gasteiger partial charge is 0.335 e. The van der Waals surface area contributed by atoms with Gasteiger partial charge >= 0.3 is 5.97 Å². The Labute approximate surface area is 404 Å². The number of nitrogens with one attached hydrogen (secondary N) is 1. The zero-order valence-corrected chi connectivity index (χ0v) is 41.2. The van der Waals surface area contributed by atoms with Crippen molar-refractivity contribution in [2.75, 3.05) is 26.2 Å². The molecule has 0 aliphatic carbocycles. The maximum atomic E-state index is 12.9. The predicted molar refractivity (Wildman–Crippen MR) is 269 cm³/mol. The summed E-state index contributed by atoms with van der Waals surface area (Å²) in [6.07, 6.45) is 13.7. The van der Waals surface area contributed by atoms with Crippen molar-refractivity contribution < 1.29 is 24.9 Å². The van der Waals surface area contributed by atoms with Gasteiger partial charge in [0.05, 0.1) is 16.8 Å². The lowest BCUT2D eigenvalue weighted by Crippen LogP contribution is -2.45. The molecular weight excluding hydrogens is 884 g/mol. The van der Waals surface area contributed by atoms with Crippen molar-refractivity contribution in [2.24, 2.45) is 0 Å². The van der Waals surface area contributed by atoms with E-state index in [-0.39, 0.29) is 27.9 Å². The van der Waals surface area contributed by atoms with E-state index in [0.717, 1.165) is 81.8 Å². The Morgan fingerprint density at radius 2 is 1.00 bits per heavy atom. The third-order valence-corrected chi connectivity index (χ3v) is 12.7. The fraction of sp³-hybridized carbons (Fsp3) is 0.370. The predicted octanol–water partition coefficient (Wildman–Crippen LogP) is 11.3. The molecule has 2 fully saturated rings.